The van der Waals surface area contributed by atoms with Crippen molar-refractivity contribution in [2.75, 3.05) is 13.7 Å². The van der Waals surface area contributed by atoms with Gasteiger partial charge in [0.1, 0.15) is 5.60 Å². The molecular weight excluding hydrogens is 196 g/mol. The molecule has 0 aromatic rings. The van der Waals surface area contributed by atoms with Crippen molar-refractivity contribution >= 4 is 5.97 Å². The third-order valence-electron chi connectivity index (χ3n) is 2.86. The van der Waals surface area contributed by atoms with E-state index in [4.69, 9.17) is 9.47 Å². The smallest absolute Gasteiger partial charge is 0.311 e. The normalized spacial score (nSPS) is 19.1. The van der Waals surface area contributed by atoms with E-state index in [1.807, 2.05) is 6.92 Å². The highest BCUT2D eigenvalue weighted by molar-refractivity contribution is 5.73. The topological polar surface area (TPSA) is 55.8 Å². The minimum atomic E-state index is -1.20. The second kappa shape index (κ2) is 6.08. The molecule has 3 unspecified atom stereocenters. The molecule has 0 saturated heterocycles. The van der Waals surface area contributed by atoms with Crippen LogP contribution in [0.5, 0.6) is 0 Å². The van der Waals surface area contributed by atoms with Gasteiger partial charge >= 0.3 is 5.97 Å². The molecule has 0 heterocycles. The zero-order chi connectivity index (χ0) is 12.1. The first kappa shape index (κ1) is 14.4. The van der Waals surface area contributed by atoms with Crippen molar-refractivity contribution in [2.24, 2.45) is 5.92 Å². The van der Waals surface area contributed by atoms with Crippen molar-refractivity contribution in [3.05, 3.63) is 0 Å². The molecule has 4 nitrogen and oxygen atoms in total. The third kappa shape index (κ3) is 3.47. The lowest BCUT2D eigenvalue weighted by atomic mass is 9.83. The van der Waals surface area contributed by atoms with Crippen molar-refractivity contribution in [1.29, 1.82) is 0 Å². The van der Waals surface area contributed by atoms with Crippen LogP contribution in [-0.4, -0.2) is 36.5 Å². The average molecular weight is 218 g/mol. The van der Waals surface area contributed by atoms with Crippen molar-refractivity contribution in [2.45, 2.75) is 45.8 Å². The summed E-state index contributed by atoms with van der Waals surface area (Å²) in [7, 11) is 1.51. The van der Waals surface area contributed by atoms with Crippen LogP contribution in [0.25, 0.3) is 0 Å². The summed E-state index contributed by atoms with van der Waals surface area (Å²) in [6, 6.07) is 0. The zero-order valence-electron chi connectivity index (χ0n) is 10.2. The fourth-order valence-electron chi connectivity index (χ4n) is 1.58. The van der Waals surface area contributed by atoms with E-state index < -0.39 is 17.6 Å². The van der Waals surface area contributed by atoms with E-state index in [-0.39, 0.29) is 5.97 Å². The summed E-state index contributed by atoms with van der Waals surface area (Å²) >= 11 is 0. The molecule has 0 radical (unpaired) electrons. The number of carbonyl (C=O) groups is 1. The Hall–Kier alpha value is -0.610. The van der Waals surface area contributed by atoms with E-state index >= 15 is 0 Å². The summed E-state index contributed by atoms with van der Waals surface area (Å²) < 4.78 is 9.99. The molecular formula is C11H22O4. The molecule has 0 fully saturated rings. The van der Waals surface area contributed by atoms with Crippen LogP contribution in [0.3, 0.4) is 0 Å². The molecule has 15 heavy (non-hydrogen) atoms. The molecule has 0 aromatic carbocycles. The summed E-state index contributed by atoms with van der Waals surface area (Å²) in [5.74, 6) is -0.915. The summed E-state index contributed by atoms with van der Waals surface area (Å²) in [6.07, 6.45) is 0.117. The summed E-state index contributed by atoms with van der Waals surface area (Å²) in [6.45, 7) is 7.26. The molecule has 0 rings (SSSR count). The Morgan fingerprint density at radius 3 is 2.33 bits per heavy atom. The highest BCUT2D eigenvalue weighted by atomic mass is 16.5. The highest BCUT2D eigenvalue weighted by Crippen LogP contribution is 2.27. The van der Waals surface area contributed by atoms with Crippen molar-refractivity contribution in [3.63, 3.8) is 0 Å². The average Bonchev–Trinajstić information content (AvgIpc) is 2.17. The maximum absolute atomic E-state index is 11.6. The van der Waals surface area contributed by atoms with E-state index in [0.29, 0.717) is 13.0 Å². The Morgan fingerprint density at radius 2 is 2.00 bits per heavy atom. The number of methoxy groups -OCH3 is 1. The first-order valence-corrected chi connectivity index (χ1v) is 5.33. The van der Waals surface area contributed by atoms with Gasteiger partial charge in [0.2, 0.25) is 0 Å². The number of esters is 1. The van der Waals surface area contributed by atoms with Crippen LogP contribution in [0, 0.1) is 5.92 Å². The predicted molar refractivity (Wildman–Crippen MR) is 57.5 cm³/mol. The quantitative estimate of drug-likeness (QED) is 0.684. The summed E-state index contributed by atoms with van der Waals surface area (Å²) in [5, 5.41) is 10.2. The van der Waals surface area contributed by atoms with Crippen molar-refractivity contribution in [1.82, 2.24) is 0 Å². The molecule has 0 amide bonds. The van der Waals surface area contributed by atoms with Crippen LogP contribution in [0.4, 0.5) is 0 Å². The molecule has 3 atom stereocenters. The van der Waals surface area contributed by atoms with Crippen LogP contribution in [0.15, 0.2) is 0 Å². The Morgan fingerprint density at radius 1 is 1.47 bits per heavy atom. The Labute approximate surface area is 91.6 Å². The van der Waals surface area contributed by atoms with Crippen LogP contribution in [0.2, 0.25) is 0 Å². The highest BCUT2D eigenvalue weighted by Gasteiger charge is 2.41. The summed E-state index contributed by atoms with van der Waals surface area (Å²) in [4.78, 5) is 11.6. The monoisotopic (exact) mass is 218 g/mol. The van der Waals surface area contributed by atoms with E-state index in [1.165, 1.54) is 7.11 Å². The molecule has 4 heteroatoms. The maximum atomic E-state index is 11.6. The number of aliphatic hydroxyl groups is 1. The lowest BCUT2D eigenvalue weighted by molar-refractivity contribution is -0.168. The number of carbonyl (C=O) groups excluding carboxylic acids is 1. The van der Waals surface area contributed by atoms with Gasteiger partial charge in [-0.1, -0.05) is 6.92 Å². The van der Waals surface area contributed by atoms with Crippen LogP contribution in [0.1, 0.15) is 34.1 Å². The van der Waals surface area contributed by atoms with Crippen LogP contribution < -0.4 is 0 Å². The van der Waals surface area contributed by atoms with Gasteiger partial charge < -0.3 is 14.6 Å². The molecule has 0 aromatic heterocycles. The van der Waals surface area contributed by atoms with Gasteiger partial charge in [0.15, 0.2) is 0 Å². The second-order valence-electron chi connectivity index (χ2n) is 3.82. The number of hydrogen-bond donors (Lipinski definition) is 1. The fraction of sp³-hybridized carbons (Fsp3) is 0.909. The maximum Gasteiger partial charge on any atom is 0.311 e. The van der Waals surface area contributed by atoms with Gasteiger partial charge in [-0.15, -0.1) is 0 Å². The number of hydrogen-bond acceptors (Lipinski definition) is 4. The standard InChI is InChI=1S/C11H22O4/c1-6-9(10(12)15-7-2)11(4,13)8(3)14-5/h8-9,13H,6-7H2,1-5H3. The summed E-state index contributed by atoms with van der Waals surface area (Å²) in [5.41, 5.74) is -1.20. The first-order chi connectivity index (χ1) is 6.91. The van der Waals surface area contributed by atoms with Gasteiger partial charge in [-0.3, -0.25) is 4.79 Å². The molecule has 0 bridgehead atoms. The number of ether oxygens (including phenoxy) is 2. The SMILES string of the molecule is CCOC(=O)C(CC)C(C)(O)C(C)OC. The minimum absolute atomic E-state index is 0.326. The molecule has 0 aliphatic heterocycles. The zero-order valence-corrected chi connectivity index (χ0v) is 10.2. The molecule has 90 valence electrons. The van der Waals surface area contributed by atoms with Gasteiger partial charge in [0, 0.05) is 7.11 Å². The largest absolute Gasteiger partial charge is 0.466 e. The molecule has 1 N–H and O–H groups in total. The Bertz CT molecular complexity index is 201. The second-order valence-corrected chi connectivity index (χ2v) is 3.82. The van der Waals surface area contributed by atoms with Crippen molar-refractivity contribution in [3.8, 4) is 0 Å². The van der Waals surface area contributed by atoms with E-state index in [1.54, 1.807) is 20.8 Å². The number of rotatable bonds is 6. The van der Waals surface area contributed by atoms with Gasteiger partial charge in [-0.25, -0.2) is 0 Å². The molecule has 0 aliphatic rings. The van der Waals surface area contributed by atoms with Gasteiger partial charge in [-0.05, 0) is 27.2 Å². The predicted octanol–water partition coefficient (Wildman–Crippen LogP) is 1.36. The van der Waals surface area contributed by atoms with Crippen molar-refractivity contribution < 1.29 is 19.4 Å². The first-order valence-electron chi connectivity index (χ1n) is 5.33. The van der Waals surface area contributed by atoms with Gasteiger partial charge in [0.05, 0.1) is 18.6 Å². The lowest BCUT2D eigenvalue weighted by Crippen LogP contribution is -2.49. The lowest BCUT2D eigenvalue weighted by Gasteiger charge is -2.34. The third-order valence-corrected chi connectivity index (χ3v) is 2.86. The molecule has 0 spiro atoms. The fourth-order valence-corrected chi connectivity index (χ4v) is 1.58. The molecule has 0 aliphatic carbocycles. The van der Waals surface area contributed by atoms with Gasteiger partial charge in [0.25, 0.3) is 0 Å². The van der Waals surface area contributed by atoms with E-state index in [2.05, 4.69) is 0 Å². The van der Waals surface area contributed by atoms with Crippen LogP contribution >= 0.6 is 0 Å². The Balaban J connectivity index is 4.70. The Kier molecular flexibility index (Phi) is 5.83. The van der Waals surface area contributed by atoms with Crippen LogP contribution in [-0.2, 0) is 14.3 Å². The van der Waals surface area contributed by atoms with E-state index in [0.717, 1.165) is 0 Å². The molecule has 0 saturated carbocycles. The minimum Gasteiger partial charge on any atom is -0.466 e. The van der Waals surface area contributed by atoms with Gasteiger partial charge in [-0.2, -0.15) is 0 Å². The van der Waals surface area contributed by atoms with E-state index in [9.17, 15) is 9.90 Å².